The lowest BCUT2D eigenvalue weighted by Crippen LogP contribution is -2.32. The number of carbonyl (C=O) groups is 1. The number of rotatable bonds is 5. The summed E-state index contributed by atoms with van der Waals surface area (Å²) < 4.78 is 6.09. The van der Waals surface area contributed by atoms with Crippen molar-refractivity contribution in [3.8, 4) is 5.75 Å². The molecule has 3 nitrogen and oxygen atoms in total. The van der Waals surface area contributed by atoms with Crippen LogP contribution in [0.15, 0.2) is 22.7 Å². The molecule has 94 valence electrons. The summed E-state index contributed by atoms with van der Waals surface area (Å²) in [5.74, 6) is 0.496. The lowest BCUT2D eigenvalue weighted by Gasteiger charge is -2.14. The van der Waals surface area contributed by atoms with Crippen molar-refractivity contribution in [1.29, 1.82) is 0 Å². The number of hydrogen-bond donors (Lipinski definition) is 1. The Morgan fingerprint density at radius 1 is 1.53 bits per heavy atom. The van der Waals surface area contributed by atoms with Crippen LogP contribution in [0, 0.1) is 0 Å². The summed E-state index contributed by atoms with van der Waals surface area (Å²) in [7, 11) is 1.56. The van der Waals surface area contributed by atoms with Crippen molar-refractivity contribution >= 4 is 21.8 Å². The van der Waals surface area contributed by atoms with E-state index < -0.39 is 0 Å². The van der Waals surface area contributed by atoms with Gasteiger partial charge in [-0.2, -0.15) is 0 Å². The predicted octanol–water partition coefficient (Wildman–Crippen LogP) is 3.38. The molecule has 17 heavy (non-hydrogen) atoms. The number of benzene rings is 1. The Hall–Kier alpha value is -1.03. The fourth-order valence-corrected chi connectivity index (χ4v) is 2.00. The van der Waals surface area contributed by atoms with Crippen LogP contribution in [0.4, 0.5) is 0 Å². The van der Waals surface area contributed by atoms with Crippen LogP contribution >= 0.6 is 15.9 Å². The Bertz CT molecular complexity index is 393. The van der Waals surface area contributed by atoms with Crippen molar-refractivity contribution in [3.05, 3.63) is 28.2 Å². The average molecular weight is 300 g/mol. The van der Waals surface area contributed by atoms with Gasteiger partial charge in [-0.05, 0) is 31.5 Å². The molecule has 0 aliphatic heterocycles. The first kappa shape index (κ1) is 14.0. The van der Waals surface area contributed by atoms with Crippen LogP contribution in [0.25, 0.3) is 0 Å². The number of ether oxygens (including phenoxy) is 1. The number of nitrogens with one attached hydrogen (secondary N) is 1. The lowest BCUT2D eigenvalue weighted by atomic mass is 10.1. The Balaban J connectivity index is 2.81. The van der Waals surface area contributed by atoms with Crippen LogP contribution in [0.2, 0.25) is 0 Å². The monoisotopic (exact) mass is 299 g/mol. The third-order valence-electron chi connectivity index (χ3n) is 2.51. The molecule has 0 saturated carbocycles. The van der Waals surface area contributed by atoms with Gasteiger partial charge >= 0.3 is 0 Å². The molecule has 0 aliphatic rings. The van der Waals surface area contributed by atoms with Gasteiger partial charge in [-0.3, -0.25) is 4.79 Å². The number of methoxy groups -OCH3 is 1. The van der Waals surface area contributed by atoms with Gasteiger partial charge in [-0.25, -0.2) is 0 Å². The molecule has 0 aromatic heterocycles. The van der Waals surface area contributed by atoms with E-state index in [0.29, 0.717) is 11.3 Å². The van der Waals surface area contributed by atoms with Crippen molar-refractivity contribution in [2.24, 2.45) is 0 Å². The zero-order valence-corrected chi connectivity index (χ0v) is 12.0. The minimum absolute atomic E-state index is 0.0877. The first-order valence-corrected chi connectivity index (χ1v) is 6.52. The van der Waals surface area contributed by atoms with Gasteiger partial charge in [0.25, 0.3) is 5.91 Å². The summed E-state index contributed by atoms with van der Waals surface area (Å²) in [6, 6.07) is 5.57. The van der Waals surface area contributed by atoms with Gasteiger partial charge in [0.2, 0.25) is 0 Å². The van der Waals surface area contributed by atoms with Gasteiger partial charge in [-0.15, -0.1) is 0 Å². The maximum absolute atomic E-state index is 12.0. The van der Waals surface area contributed by atoms with E-state index in [1.54, 1.807) is 19.2 Å². The molecule has 1 unspecified atom stereocenters. The van der Waals surface area contributed by atoms with Crippen molar-refractivity contribution in [3.63, 3.8) is 0 Å². The molecular formula is C13H18BrNO2. The number of halogens is 1. The molecule has 1 atom stereocenters. The van der Waals surface area contributed by atoms with E-state index in [1.165, 1.54) is 0 Å². The molecule has 1 rings (SSSR count). The number of amides is 1. The fraction of sp³-hybridized carbons (Fsp3) is 0.462. The summed E-state index contributed by atoms with van der Waals surface area (Å²) in [6.45, 7) is 4.11. The molecule has 0 fully saturated rings. The highest BCUT2D eigenvalue weighted by Gasteiger charge is 2.14. The van der Waals surface area contributed by atoms with Gasteiger partial charge in [0, 0.05) is 10.5 Å². The van der Waals surface area contributed by atoms with Crippen LogP contribution in [0.1, 0.15) is 37.0 Å². The maximum Gasteiger partial charge on any atom is 0.255 e. The average Bonchev–Trinajstić information content (AvgIpc) is 2.28. The Morgan fingerprint density at radius 3 is 2.82 bits per heavy atom. The van der Waals surface area contributed by atoms with E-state index in [2.05, 4.69) is 28.2 Å². The molecule has 4 heteroatoms. The Kier molecular flexibility index (Phi) is 5.48. The van der Waals surface area contributed by atoms with Crippen LogP contribution in [-0.2, 0) is 0 Å². The standard InChI is InChI=1S/C13H18BrNO2/c1-4-5-9(2)15-13(16)11-7-6-10(14)8-12(11)17-3/h6-9H,4-5H2,1-3H3,(H,15,16). The Morgan fingerprint density at radius 2 is 2.24 bits per heavy atom. The van der Waals surface area contributed by atoms with Crippen molar-refractivity contribution < 1.29 is 9.53 Å². The molecule has 0 spiro atoms. The van der Waals surface area contributed by atoms with E-state index in [1.807, 2.05) is 13.0 Å². The quantitative estimate of drug-likeness (QED) is 0.905. The van der Waals surface area contributed by atoms with E-state index in [0.717, 1.165) is 17.3 Å². The number of carbonyl (C=O) groups excluding carboxylic acids is 1. The van der Waals surface area contributed by atoms with E-state index in [9.17, 15) is 4.79 Å². The minimum Gasteiger partial charge on any atom is -0.496 e. The first-order chi connectivity index (χ1) is 8.08. The van der Waals surface area contributed by atoms with Gasteiger partial charge < -0.3 is 10.1 Å². The smallest absolute Gasteiger partial charge is 0.255 e. The molecule has 0 saturated heterocycles. The summed E-state index contributed by atoms with van der Waals surface area (Å²) in [5, 5.41) is 2.96. The van der Waals surface area contributed by atoms with Gasteiger partial charge in [-0.1, -0.05) is 29.3 Å². The molecule has 0 radical (unpaired) electrons. The summed E-state index contributed by atoms with van der Waals surface area (Å²) in [5.41, 5.74) is 0.568. The summed E-state index contributed by atoms with van der Waals surface area (Å²) in [4.78, 5) is 12.0. The predicted molar refractivity (Wildman–Crippen MR) is 72.5 cm³/mol. The molecule has 1 N–H and O–H groups in total. The summed E-state index contributed by atoms with van der Waals surface area (Å²) >= 11 is 3.35. The molecule has 1 aromatic carbocycles. The minimum atomic E-state index is -0.0877. The van der Waals surface area contributed by atoms with Crippen molar-refractivity contribution in [2.75, 3.05) is 7.11 Å². The third kappa shape index (κ3) is 4.04. The molecule has 0 heterocycles. The van der Waals surface area contributed by atoms with Gasteiger partial charge in [0.1, 0.15) is 5.75 Å². The van der Waals surface area contributed by atoms with Crippen LogP contribution in [0.5, 0.6) is 5.75 Å². The van der Waals surface area contributed by atoms with Gasteiger partial charge in [0.05, 0.1) is 12.7 Å². The van der Waals surface area contributed by atoms with Crippen LogP contribution < -0.4 is 10.1 Å². The largest absolute Gasteiger partial charge is 0.496 e. The van der Waals surface area contributed by atoms with E-state index >= 15 is 0 Å². The highest BCUT2D eigenvalue weighted by Crippen LogP contribution is 2.23. The second-order valence-corrected chi connectivity index (χ2v) is 4.92. The van der Waals surface area contributed by atoms with Crippen molar-refractivity contribution in [2.45, 2.75) is 32.7 Å². The second kappa shape index (κ2) is 6.64. The lowest BCUT2D eigenvalue weighted by molar-refractivity contribution is 0.0935. The Labute approximate surface area is 111 Å². The highest BCUT2D eigenvalue weighted by atomic mass is 79.9. The third-order valence-corrected chi connectivity index (χ3v) is 3.00. The topological polar surface area (TPSA) is 38.3 Å². The number of hydrogen-bond acceptors (Lipinski definition) is 2. The summed E-state index contributed by atoms with van der Waals surface area (Å²) in [6.07, 6.45) is 2.03. The van der Waals surface area contributed by atoms with E-state index in [-0.39, 0.29) is 11.9 Å². The van der Waals surface area contributed by atoms with Crippen molar-refractivity contribution in [1.82, 2.24) is 5.32 Å². The molecule has 0 bridgehead atoms. The van der Waals surface area contributed by atoms with Crippen LogP contribution in [0.3, 0.4) is 0 Å². The highest BCUT2D eigenvalue weighted by molar-refractivity contribution is 9.10. The maximum atomic E-state index is 12.0. The van der Waals surface area contributed by atoms with E-state index in [4.69, 9.17) is 4.74 Å². The molecule has 0 aliphatic carbocycles. The molecular weight excluding hydrogens is 282 g/mol. The second-order valence-electron chi connectivity index (χ2n) is 4.01. The molecule has 1 amide bonds. The molecule has 1 aromatic rings. The first-order valence-electron chi connectivity index (χ1n) is 5.72. The fourth-order valence-electron chi connectivity index (χ4n) is 1.66. The van der Waals surface area contributed by atoms with Gasteiger partial charge in [0.15, 0.2) is 0 Å². The SMILES string of the molecule is CCCC(C)NC(=O)c1ccc(Br)cc1OC. The zero-order chi connectivity index (χ0) is 12.8. The normalized spacial score (nSPS) is 12.0. The zero-order valence-electron chi connectivity index (χ0n) is 10.4. The van der Waals surface area contributed by atoms with Crippen LogP contribution in [-0.4, -0.2) is 19.1 Å².